The fourth-order valence-electron chi connectivity index (χ4n) is 3.26. The van der Waals surface area contributed by atoms with Crippen LogP contribution in [0.25, 0.3) is 0 Å². The van der Waals surface area contributed by atoms with Gasteiger partial charge in [-0.3, -0.25) is 9.67 Å². The molecule has 1 aromatic heterocycles. The smallest absolute Gasteiger partial charge is 0.193 e. The second-order valence-corrected chi connectivity index (χ2v) is 6.58. The number of nitrogens with zero attached hydrogens (tertiary/aromatic N) is 4. The van der Waals surface area contributed by atoms with Gasteiger partial charge < -0.3 is 19.7 Å². The number of methoxy groups -OCH3 is 1. The second-order valence-electron chi connectivity index (χ2n) is 6.58. The van der Waals surface area contributed by atoms with Crippen LogP contribution in [0.4, 0.5) is 0 Å². The van der Waals surface area contributed by atoms with E-state index in [4.69, 9.17) is 9.47 Å². The molecular formula is C18H33N5O2. The van der Waals surface area contributed by atoms with Gasteiger partial charge in [-0.2, -0.15) is 5.10 Å². The molecule has 1 fully saturated rings. The Morgan fingerprint density at radius 3 is 2.56 bits per heavy atom. The number of guanidine groups is 1. The molecule has 0 amide bonds. The maximum atomic E-state index is 5.93. The molecule has 1 aromatic rings. The molecule has 142 valence electrons. The summed E-state index contributed by atoms with van der Waals surface area (Å²) >= 11 is 0. The molecule has 0 saturated carbocycles. The van der Waals surface area contributed by atoms with Crippen molar-refractivity contribution in [1.82, 2.24) is 20.0 Å². The quantitative estimate of drug-likeness (QED) is 0.460. The van der Waals surface area contributed by atoms with Crippen molar-refractivity contribution in [3.63, 3.8) is 0 Å². The normalized spacial score (nSPS) is 16.5. The van der Waals surface area contributed by atoms with Crippen LogP contribution in [0.2, 0.25) is 0 Å². The first-order chi connectivity index (χ1) is 12.1. The van der Waals surface area contributed by atoms with Crippen LogP contribution in [0, 0.1) is 13.8 Å². The number of hydrogen-bond acceptors (Lipinski definition) is 4. The summed E-state index contributed by atoms with van der Waals surface area (Å²) < 4.78 is 12.9. The van der Waals surface area contributed by atoms with Gasteiger partial charge in [0.25, 0.3) is 0 Å². The Bertz CT molecular complexity index is 562. The molecule has 0 spiro atoms. The first kappa shape index (κ1) is 19.7. The van der Waals surface area contributed by atoms with Crippen LogP contribution in [-0.4, -0.2) is 67.2 Å². The van der Waals surface area contributed by atoms with Crippen LogP contribution in [0.3, 0.4) is 0 Å². The van der Waals surface area contributed by atoms with Gasteiger partial charge in [0.15, 0.2) is 5.96 Å². The van der Waals surface area contributed by atoms with Gasteiger partial charge in [0.1, 0.15) is 0 Å². The summed E-state index contributed by atoms with van der Waals surface area (Å²) in [4.78, 5) is 6.77. The van der Waals surface area contributed by atoms with E-state index in [2.05, 4.69) is 34.2 Å². The third-order valence-electron chi connectivity index (χ3n) is 4.88. The van der Waals surface area contributed by atoms with Gasteiger partial charge in [0.05, 0.1) is 11.8 Å². The van der Waals surface area contributed by atoms with Crippen molar-refractivity contribution in [3.8, 4) is 0 Å². The summed E-state index contributed by atoms with van der Waals surface area (Å²) in [5.41, 5.74) is 3.52. The Morgan fingerprint density at radius 2 is 2.00 bits per heavy atom. The first-order valence-corrected chi connectivity index (χ1v) is 9.12. The van der Waals surface area contributed by atoms with E-state index in [0.29, 0.717) is 6.10 Å². The Balaban J connectivity index is 1.78. The Hall–Kier alpha value is -1.60. The zero-order chi connectivity index (χ0) is 18.2. The summed E-state index contributed by atoms with van der Waals surface area (Å²) in [6.45, 7) is 8.41. The van der Waals surface area contributed by atoms with Crippen LogP contribution < -0.4 is 5.32 Å². The fourth-order valence-corrected chi connectivity index (χ4v) is 3.26. The highest BCUT2D eigenvalue weighted by molar-refractivity contribution is 5.80. The topological polar surface area (TPSA) is 63.9 Å². The number of nitrogens with one attached hydrogen (secondary N) is 1. The lowest BCUT2D eigenvalue weighted by Gasteiger charge is -2.34. The predicted octanol–water partition coefficient (Wildman–Crippen LogP) is 1.63. The Morgan fingerprint density at radius 1 is 1.28 bits per heavy atom. The highest BCUT2D eigenvalue weighted by Crippen LogP contribution is 2.15. The molecule has 0 bridgehead atoms. The van der Waals surface area contributed by atoms with Crippen molar-refractivity contribution < 1.29 is 9.47 Å². The SMILES string of the molecule is CN=C(NCc1c(C)nn(C)c1C)N1CCC(OCCCOC)CC1. The molecule has 2 heterocycles. The highest BCUT2D eigenvalue weighted by Gasteiger charge is 2.22. The first-order valence-electron chi connectivity index (χ1n) is 9.12. The second kappa shape index (κ2) is 9.77. The zero-order valence-corrected chi connectivity index (χ0v) is 16.3. The fraction of sp³-hybridized carbons (Fsp3) is 0.778. The molecule has 0 aliphatic carbocycles. The summed E-state index contributed by atoms with van der Waals surface area (Å²) in [6, 6.07) is 0. The number of aromatic nitrogens is 2. The van der Waals surface area contributed by atoms with E-state index < -0.39 is 0 Å². The molecule has 7 nitrogen and oxygen atoms in total. The number of likely N-dealkylation sites (tertiary alicyclic amines) is 1. The molecule has 0 atom stereocenters. The van der Waals surface area contributed by atoms with Gasteiger partial charge in [-0.1, -0.05) is 0 Å². The van der Waals surface area contributed by atoms with Gasteiger partial charge in [-0.15, -0.1) is 0 Å². The molecule has 0 unspecified atom stereocenters. The molecule has 7 heteroatoms. The minimum absolute atomic E-state index is 0.356. The largest absolute Gasteiger partial charge is 0.385 e. The number of rotatable bonds is 7. The average Bonchev–Trinajstić information content (AvgIpc) is 2.86. The van der Waals surface area contributed by atoms with Gasteiger partial charge in [0, 0.05) is 65.3 Å². The molecule has 1 saturated heterocycles. The average molecular weight is 351 g/mol. The Labute approximate surface area is 151 Å². The molecule has 25 heavy (non-hydrogen) atoms. The van der Waals surface area contributed by atoms with Crippen LogP contribution in [0.5, 0.6) is 0 Å². The lowest BCUT2D eigenvalue weighted by Crippen LogP contribution is -2.46. The van der Waals surface area contributed by atoms with Crippen molar-refractivity contribution in [2.24, 2.45) is 12.0 Å². The van der Waals surface area contributed by atoms with Crippen molar-refractivity contribution in [2.45, 2.75) is 45.8 Å². The van der Waals surface area contributed by atoms with Crippen molar-refractivity contribution >= 4 is 5.96 Å². The van der Waals surface area contributed by atoms with Gasteiger partial charge in [-0.05, 0) is 33.1 Å². The summed E-state index contributed by atoms with van der Waals surface area (Å²) in [6.07, 6.45) is 3.40. The molecule has 1 N–H and O–H groups in total. The minimum atomic E-state index is 0.356. The summed E-state index contributed by atoms with van der Waals surface area (Å²) in [5, 5.41) is 7.97. The number of hydrogen-bond donors (Lipinski definition) is 1. The van der Waals surface area contributed by atoms with Crippen molar-refractivity contribution in [1.29, 1.82) is 0 Å². The van der Waals surface area contributed by atoms with Crippen LogP contribution in [0.1, 0.15) is 36.2 Å². The molecule has 1 aliphatic rings. The van der Waals surface area contributed by atoms with Gasteiger partial charge in [0.2, 0.25) is 0 Å². The third-order valence-corrected chi connectivity index (χ3v) is 4.88. The van der Waals surface area contributed by atoms with E-state index in [-0.39, 0.29) is 0 Å². The van der Waals surface area contributed by atoms with E-state index in [1.54, 1.807) is 7.11 Å². The van der Waals surface area contributed by atoms with Gasteiger partial charge >= 0.3 is 0 Å². The lowest BCUT2D eigenvalue weighted by atomic mass is 10.1. The predicted molar refractivity (Wildman–Crippen MR) is 99.9 cm³/mol. The number of piperidine rings is 1. The number of aliphatic imine (C=N–C) groups is 1. The number of aryl methyl sites for hydroxylation is 2. The maximum Gasteiger partial charge on any atom is 0.193 e. The van der Waals surface area contributed by atoms with E-state index >= 15 is 0 Å². The van der Waals surface area contributed by atoms with E-state index in [1.165, 1.54) is 11.3 Å². The highest BCUT2D eigenvalue weighted by atomic mass is 16.5. The minimum Gasteiger partial charge on any atom is -0.385 e. The molecule has 2 rings (SSSR count). The molecule has 0 aromatic carbocycles. The van der Waals surface area contributed by atoms with Crippen molar-refractivity contribution in [3.05, 3.63) is 17.0 Å². The van der Waals surface area contributed by atoms with Crippen LogP contribution in [0.15, 0.2) is 4.99 Å². The van der Waals surface area contributed by atoms with E-state index in [1.807, 2.05) is 18.8 Å². The van der Waals surface area contributed by atoms with Crippen molar-refractivity contribution in [2.75, 3.05) is 40.5 Å². The summed E-state index contributed by atoms with van der Waals surface area (Å²) in [5.74, 6) is 0.959. The van der Waals surface area contributed by atoms with E-state index in [9.17, 15) is 0 Å². The Kier molecular flexibility index (Phi) is 7.71. The number of ether oxygens (including phenoxy) is 2. The third kappa shape index (κ3) is 5.44. The summed E-state index contributed by atoms with van der Waals surface area (Å²) in [7, 11) is 5.56. The molecule has 0 radical (unpaired) electrons. The maximum absolute atomic E-state index is 5.93. The van der Waals surface area contributed by atoms with E-state index in [0.717, 1.165) is 63.8 Å². The monoisotopic (exact) mass is 351 g/mol. The standard InChI is InChI=1S/C18H33N5O2/c1-14-17(15(2)22(4)21-14)13-20-18(19-3)23-9-7-16(8-10-23)25-12-6-11-24-5/h16H,6-13H2,1-5H3,(H,19,20). The van der Waals surface area contributed by atoms with Crippen LogP contribution in [-0.2, 0) is 23.1 Å². The lowest BCUT2D eigenvalue weighted by molar-refractivity contribution is 0.00989. The zero-order valence-electron chi connectivity index (χ0n) is 16.3. The molecular weight excluding hydrogens is 318 g/mol. The van der Waals surface area contributed by atoms with Gasteiger partial charge in [-0.25, -0.2) is 0 Å². The molecule has 1 aliphatic heterocycles. The van der Waals surface area contributed by atoms with Crippen LogP contribution >= 0.6 is 0 Å².